The summed E-state index contributed by atoms with van der Waals surface area (Å²) in [5.74, 6) is -0.125. The molecule has 0 unspecified atom stereocenters. The van der Waals surface area contributed by atoms with Gasteiger partial charge in [-0.05, 0) is 35.7 Å². The number of hydrogen-bond donors (Lipinski definition) is 2. The zero-order valence-electron chi connectivity index (χ0n) is 12.3. The molecule has 2 amide bonds. The Hall–Kier alpha value is -2.62. The molecule has 22 heavy (non-hydrogen) atoms. The van der Waals surface area contributed by atoms with Crippen LogP contribution in [0.1, 0.15) is 23.2 Å². The van der Waals surface area contributed by atoms with Crippen molar-refractivity contribution in [1.29, 1.82) is 0 Å². The van der Waals surface area contributed by atoms with Gasteiger partial charge in [-0.25, -0.2) is 0 Å². The zero-order valence-corrected chi connectivity index (χ0v) is 12.3. The van der Waals surface area contributed by atoms with Gasteiger partial charge in [-0.15, -0.1) is 6.58 Å². The van der Waals surface area contributed by atoms with Crippen LogP contribution < -0.4 is 10.6 Å². The van der Waals surface area contributed by atoms with E-state index in [1.54, 1.807) is 6.08 Å². The fourth-order valence-corrected chi connectivity index (χ4v) is 2.37. The van der Waals surface area contributed by atoms with Gasteiger partial charge in [0.15, 0.2) is 0 Å². The van der Waals surface area contributed by atoms with Crippen LogP contribution in [0.25, 0.3) is 10.8 Å². The first kappa shape index (κ1) is 14.3. The van der Waals surface area contributed by atoms with E-state index >= 15 is 0 Å². The molecule has 1 fully saturated rings. The summed E-state index contributed by atoms with van der Waals surface area (Å²) in [5.41, 5.74) is 1.05. The largest absolute Gasteiger partial charge is 0.349 e. The lowest BCUT2D eigenvalue weighted by molar-refractivity contribution is -0.117. The average molecular weight is 294 g/mol. The van der Waals surface area contributed by atoms with Crippen molar-refractivity contribution in [2.24, 2.45) is 5.92 Å². The highest BCUT2D eigenvalue weighted by molar-refractivity contribution is 6.08. The monoisotopic (exact) mass is 294 g/mol. The molecule has 0 bridgehead atoms. The van der Waals surface area contributed by atoms with E-state index in [1.807, 2.05) is 36.4 Å². The van der Waals surface area contributed by atoms with Crippen molar-refractivity contribution in [1.82, 2.24) is 5.32 Å². The van der Waals surface area contributed by atoms with Gasteiger partial charge < -0.3 is 10.6 Å². The molecule has 2 aromatic rings. The van der Waals surface area contributed by atoms with E-state index in [4.69, 9.17) is 0 Å². The van der Waals surface area contributed by atoms with Crippen LogP contribution in [0.2, 0.25) is 0 Å². The standard InChI is InChI=1S/C18H18N2O2/c1-2-9-19-18(22)15-10-13-5-3-4-6-14(13)11-16(15)20-17(21)12-7-8-12/h2-6,10-12H,1,7-9H2,(H,19,22)(H,20,21). The molecule has 3 rings (SSSR count). The molecular formula is C18H18N2O2. The summed E-state index contributed by atoms with van der Waals surface area (Å²) in [5, 5.41) is 7.62. The fraction of sp³-hybridized carbons (Fsp3) is 0.222. The highest BCUT2D eigenvalue weighted by Crippen LogP contribution is 2.31. The normalized spacial score (nSPS) is 13.6. The smallest absolute Gasteiger partial charge is 0.253 e. The Bertz CT molecular complexity index is 748. The van der Waals surface area contributed by atoms with Crippen molar-refractivity contribution >= 4 is 28.3 Å². The second kappa shape index (κ2) is 6.02. The van der Waals surface area contributed by atoms with E-state index in [-0.39, 0.29) is 17.7 Å². The Morgan fingerprint density at radius 2 is 1.86 bits per heavy atom. The summed E-state index contributed by atoms with van der Waals surface area (Å²) in [7, 11) is 0. The number of carbonyl (C=O) groups is 2. The minimum Gasteiger partial charge on any atom is -0.349 e. The molecule has 0 radical (unpaired) electrons. The molecule has 4 nitrogen and oxygen atoms in total. The van der Waals surface area contributed by atoms with Gasteiger partial charge in [-0.3, -0.25) is 9.59 Å². The molecule has 2 aromatic carbocycles. The number of fused-ring (bicyclic) bond motifs is 1. The molecule has 0 saturated heterocycles. The predicted octanol–water partition coefficient (Wildman–Crippen LogP) is 3.10. The lowest BCUT2D eigenvalue weighted by Gasteiger charge is -2.12. The fourth-order valence-electron chi connectivity index (χ4n) is 2.37. The van der Waals surface area contributed by atoms with Gasteiger partial charge in [0.1, 0.15) is 0 Å². The van der Waals surface area contributed by atoms with Crippen LogP contribution in [0.4, 0.5) is 5.69 Å². The van der Waals surface area contributed by atoms with Gasteiger partial charge in [0.05, 0.1) is 11.3 Å². The first-order chi connectivity index (χ1) is 10.7. The second-order valence-electron chi connectivity index (χ2n) is 5.51. The van der Waals surface area contributed by atoms with Crippen LogP contribution in [0.3, 0.4) is 0 Å². The van der Waals surface area contributed by atoms with Gasteiger partial charge in [0.25, 0.3) is 5.91 Å². The maximum absolute atomic E-state index is 12.3. The average Bonchev–Trinajstić information content (AvgIpc) is 3.36. The second-order valence-corrected chi connectivity index (χ2v) is 5.51. The summed E-state index contributed by atoms with van der Waals surface area (Å²) in [6.07, 6.45) is 3.48. The Kier molecular flexibility index (Phi) is 3.92. The van der Waals surface area contributed by atoms with E-state index in [0.29, 0.717) is 17.8 Å². The van der Waals surface area contributed by atoms with E-state index in [2.05, 4.69) is 17.2 Å². The number of rotatable bonds is 5. The molecule has 0 spiro atoms. The third kappa shape index (κ3) is 3.01. The number of hydrogen-bond acceptors (Lipinski definition) is 2. The molecular weight excluding hydrogens is 276 g/mol. The third-order valence-corrected chi connectivity index (χ3v) is 3.74. The summed E-state index contributed by atoms with van der Waals surface area (Å²) >= 11 is 0. The third-order valence-electron chi connectivity index (χ3n) is 3.74. The molecule has 112 valence electrons. The van der Waals surface area contributed by atoms with Crippen LogP contribution >= 0.6 is 0 Å². The molecule has 0 aliphatic heterocycles. The van der Waals surface area contributed by atoms with Crippen molar-refractivity contribution < 1.29 is 9.59 Å². The number of benzene rings is 2. The van der Waals surface area contributed by atoms with Crippen LogP contribution in [0.5, 0.6) is 0 Å². The first-order valence-electron chi connectivity index (χ1n) is 7.42. The Balaban J connectivity index is 1.98. The molecule has 1 aliphatic rings. The highest BCUT2D eigenvalue weighted by Gasteiger charge is 2.30. The van der Waals surface area contributed by atoms with Crippen molar-refractivity contribution in [3.63, 3.8) is 0 Å². The molecule has 4 heteroatoms. The van der Waals surface area contributed by atoms with E-state index in [9.17, 15) is 9.59 Å². The molecule has 0 aromatic heterocycles. The lowest BCUT2D eigenvalue weighted by Crippen LogP contribution is -2.25. The van der Waals surface area contributed by atoms with Crippen LogP contribution in [0, 0.1) is 5.92 Å². The summed E-state index contributed by atoms with van der Waals surface area (Å²) in [6, 6.07) is 11.5. The van der Waals surface area contributed by atoms with E-state index in [0.717, 1.165) is 23.6 Å². The SMILES string of the molecule is C=CCNC(=O)c1cc2ccccc2cc1NC(=O)C1CC1. The summed E-state index contributed by atoms with van der Waals surface area (Å²) < 4.78 is 0. The Labute approximate surface area is 129 Å². The van der Waals surface area contributed by atoms with Gasteiger partial charge in [-0.1, -0.05) is 30.3 Å². The van der Waals surface area contributed by atoms with Gasteiger partial charge in [0, 0.05) is 12.5 Å². The van der Waals surface area contributed by atoms with Crippen molar-refractivity contribution in [3.05, 3.63) is 54.6 Å². The van der Waals surface area contributed by atoms with Crippen LogP contribution in [-0.4, -0.2) is 18.4 Å². The van der Waals surface area contributed by atoms with Crippen LogP contribution in [-0.2, 0) is 4.79 Å². The molecule has 1 aliphatic carbocycles. The number of carbonyl (C=O) groups excluding carboxylic acids is 2. The number of nitrogens with one attached hydrogen (secondary N) is 2. The maximum atomic E-state index is 12.3. The van der Waals surface area contributed by atoms with Gasteiger partial charge in [-0.2, -0.15) is 0 Å². The minimum atomic E-state index is -0.211. The minimum absolute atomic E-state index is 0.00643. The predicted molar refractivity (Wildman–Crippen MR) is 87.8 cm³/mol. The van der Waals surface area contributed by atoms with Gasteiger partial charge >= 0.3 is 0 Å². The summed E-state index contributed by atoms with van der Waals surface area (Å²) in [4.78, 5) is 24.4. The molecule has 2 N–H and O–H groups in total. The molecule has 0 atom stereocenters. The van der Waals surface area contributed by atoms with Crippen LogP contribution in [0.15, 0.2) is 49.1 Å². The maximum Gasteiger partial charge on any atom is 0.253 e. The number of anilines is 1. The summed E-state index contributed by atoms with van der Waals surface area (Å²) in [6.45, 7) is 3.98. The van der Waals surface area contributed by atoms with Crippen molar-refractivity contribution in [3.8, 4) is 0 Å². The zero-order chi connectivity index (χ0) is 15.5. The Morgan fingerprint density at radius 3 is 2.50 bits per heavy atom. The van der Waals surface area contributed by atoms with Crippen molar-refractivity contribution in [2.45, 2.75) is 12.8 Å². The lowest BCUT2D eigenvalue weighted by atomic mass is 10.0. The highest BCUT2D eigenvalue weighted by atomic mass is 16.2. The topological polar surface area (TPSA) is 58.2 Å². The Morgan fingerprint density at radius 1 is 1.18 bits per heavy atom. The van der Waals surface area contributed by atoms with Gasteiger partial charge in [0.2, 0.25) is 5.91 Å². The molecule has 1 saturated carbocycles. The quantitative estimate of drug-likeness (QED) is 0.832. The first-order valence-corrected chi connectivity index (χ1v) is 7.42. The van der Waals surface area contributed by atoms with E-state index < -0.39 is 0 Å². The van der Waals surface area contributed by atoms with E-state index in [1.165, 1.54) is 0 Å². The van der Waals surface area contributed by atoms with Crippen molar-refractivity contribution in [2.75, 3.05) is 11.9 Å². The molecule has 0 heterocycles. The number of amides is 2.